The highest BCUT2D eigenvalue weighted by Crippen LogP contribution is 2.27. The van der Waals surface area contributed by atoms with Crippen molar-refractivity contribution in [2.45, 2.75) is 38.8 Å². The Balaban J connectivity index is 2.16. The fraction of sp³-hybridized carbons (Fsp3) is 1.00. The number of sulfone groups is 1. The minimum atomic E-state index is -2.79. The van der Waals surface area contributed by atoms with Gasteiger partial charge in [-0.1, -0.05) is 6.92 Å². The first-order valence-corrected chi connectivity index (χ1v) is 8.30. The van der Waals surface area contributed by atoms with E-state index >= 15 is 0 Å². The lowest BCUT2D eigenvalue weighted by atomic mass is 9.99. The van der Waals surface area contributed by atoms with Crippen molar-refractivity contribution >= 4 is 9.84 Å². The van der Waals surface area contributed by atoms with Crippen LogP contribution in [-0.4, -0.2) is 56.0 Å². The van der Waals surface area contributed by atoms with E-state index in [4.69, 9.17) is 0 Å². The third-order valence-corrected chi connectivity index (χ3v) is 5.74. The summed E-state index contributed by atoms with van der Waals surface area (Å²) < 4.78 is 23.2. The van der Waals surface area contributed by atoms with Crippen LogP contribution in [0.15, 0.2) is 0 Å². The molecular formula is C12H24N2O2S. The van der Waals surface area contributed by atoms with Gasteiger partial charge in [0.25, 0.3) is 0 Å². The summed E-state index contributed by atoms with van der Waals surface area (Å²) in [5, 5.41) is 3.47. The van der Waals surface area contributed by atoms with Crippen LogP contribution in [0.3, 0.4) is 0 Å². The van der Waals surface area contributed by atoms with E-state index in [-0.39, 0.29) is 11.6 Å². The Hall–Kier alpha value is -0.130. The van der Waals surface area contributed by atoms with Gasteiger partial charge in [-0.15, -0.1) is 0 Å². The van der Waals surface area contributed by atoms with Gasteiger partial charge in [0, 0.05) is 24.7 Å². The summed E-state index contributed by atoms with van der Waals surface area (Å²) in [7, 11) is -2.79. The van der Waals surface area contributed by atoms with Crippen LogP contribution in [0, 0.1) is 5.92 Å². The lowest BCUT2D eigenvalue weighted by Gasteiger charge is -2.41. The molecule has 2 heterocycles. The van der Waals surface area contributed by atoms with E-state index in [2.05, 4.69) is 31.0 Å². The van der Waals surface area contributed by atoms with E-state index in [1.54, 1.807) is 0 Å². The molecule has 0 bridgehead atoms. The van der Waals surface area contributed by atoms with E-state index < -0.39 is 9.84 Å². The van der Waals surface area contributed by atoms with Crippen LogP contribution in [0.5, 0.6) is 0 Å². The summed E-state index contributed by atoms with van der Waals surface area (Å²) in [6, 6.07) is 0.220. The molecule has 0 aromatic heterocycles. The zero-order valence-electron chi connectivity index (χ0n) is 11.1. The Labute approximate surface area is 105 Å². The van der Waals surface area contributed by atoms with E-state index in [1.807, 2.05) is 0 Å². The van der Waals surface area contributed by atoms with Gasteiger partial charge in [-0.05, 0) is 32.7 Å². The lowest BCUT2D eigenvalue weighted by molar-refractivity contribution is 0.0813. The molecule has 2 unspecified atom stereocenters. The third-order valence-electron chi connectivity index (χ3n) is 3.99. The number of hydrogen-bond acceptors (Lipinski definition) is 4. The Morgan fingerprint density at radius 3 is 2.65 bits per heavy atom. The lowest BCUT2D eigenvalue weighted by Crippen LogP contribution is -2.54. The summed E-state index contributed by atoms with van der Waals surface area (Å²) in [6.45, 7) is 9.62. The van der Waals surface area contributed by atoms with Crippen molar-refractivity contribution in [2.75, 3.05) is 31.1 Å². The van der Waals surface area contributed by atoms with Crippen LogP contribution >= 0.6 is 0 Å². The van der Waals surface area contributed by atoms with E-state index in [0.29, 0.717) is 17.4 Å². The van der Waals surface area contributed by atoms with Gasteiger partial charge in [0.2, 0.25) is 0 Å². The maximum atomic E-state index is 11.6. The fourth-order valence-electron chi connectivity index (χ4n) is 3.04. The minimum Gasteiger partial charge on any atom is -0.315 e. The van der Waals surface area contributed by atoms with Crippen LogP contribution in [0.1, 0.15) is 27.2 Å². The molecule has 0 aromatic rings. The molecule has 2 fully saturated rings. The number of nitrogens with one attached hydrogen (secondary N) is 1. The van der Waals surface area contributed by atoms with E-state index in [9.17, 15) is 8.42 Å². The molecule has 5 heteroatoms. The highest BCUT2D eigenvalue weighted by atomic mass is 32.2. The van der Waals surface area contributed by atoms with Crippen LogP contribution in [0.25, 0.3) is 0 Å². The second-order valence-corrected chi connectivity index (χ2v) is 8.49. The molecule has 2 saturated heterocycles. The van der Waals surface area contributed by atoms with Crippen LogP contribution < -0.4 is 5.32 Å². The van der Waals surface area contributed by atoms with Crippen molar-refractivity contribution in [3.05, 3.63) is 0 Å². The van der Waals surface area contributed by atoms with Crippen LogP contribution in [0.2, 0.25) is 0 Å². The van der Waals surface area contributed by atoms with Crippen LogP contribution in [-0.2, 0) is 9.84 Å². The largest absolute Gasteiger partial charge is 0.315 e. The van der Waals surface area contributed by atoms with Gasteiger partial charge in [-0.25, -0.2) is 8.42 Å². The molecule has 2 aliphatic heterocycles. The summed E-state index contributed by atoms with van der Waals surface area (Å²) in [6.07, 6.45) is 0.804. The molecule has 0 amide bonds. The maximum absolute atomic E-state index is 11.6. The molecule has 2 atom stereocenters. The Bertz CT molecular complexity index is 378. The van der Waals surface area contributed by atoms with Gasteiger partial charge < -0.3 is 5.32 Å². The normalized spacial score (nSPS) is 37.8. The molecular weight excluding hydrogens is 236 g/mol. The number of rotatable bonds is 1. The number of nitrogens with zero attached hydrogens (tertiary/aromatic N) is 1. The van der Waals surface area contributed by atoms with E-state index in [0.717, 1.165) is 26.1 Å². The summed E-state index contributed by atoms with van der Waals surface area (Å²) in [5.41, 5.74) is 0.0509. The molecule has 100 valence electrons. The predicted molar refractivity (Wildman–Crippen MR) is 69.9 cm³/mol. The zero-order chi connectivity index (χ0) is 12.7. The monoisotopic (exact) mass is 260 g/mol. The topological polar surface area (TPSA) is 49.4 Å². The summed E-state index contributed by atoms with van der Waals surface area (Å²) >= 11 is 0. The molecule has 4 nitrogen and oxygen atoms in total. The Morgan fingerprint density at radius 1 is 1.35 bits per heavy atom. The molecule has 0 aliphatic carbocycles. The van der Waals surface area contributed by atoms with Gasteiger partial charge in [-0.2, -0.15) is 0 Å². The highest BCUT2D eigenvalue weighted by Gasteiger charge is 2.40. The molecule has 0 saturated carbocycles. The van der Waals surface area contributed by atoms with E-state index in [1.165, 1.54) is 0 Å². The first kappa shape index (κ1) is 13.3. The SMILES string of the molecule is CC1CNCC(C)(C)N(C2CCS(=O)(=O)C2)C1. The highest BCUT2D eigenvalue weighted by molar-refractivity contribution is 7.91. The van der Waals surface area contributed by atoms with Crippen molar-refractivity contribution in [1.82, 2.24) is 10.2 Å². The van der Waals surface area contributed by atoms with Gasteiger partial charge in [0.15, 0.2) is 9.84 Å². The molecule has 0 aromatic carbocycles. The van der Waals surface area contributed by atoms with Gasteiger partial charge in [0.05, 0.1) is 11.5 Å². The smallest absolute Gasteiger partial charge is 0.151 e. The van der Waals surface area contributed by atoms with Crippen molar-refractivity contribution in [3.63, 3.8) is 0 Å². The Kier molecular flexibility index (Phi) is 3.54. The van der Waals surface area contributed by atoms with Crippen molar-refractivity contribution < 1.29 is 8.42 Å². The average Bonchev–Trinajstić information content (AvgIpc) is 2.47. The van der Waals surface area contributed by atoms with Crippen molar-refractivity contribution in [3.8, 4) is 0 Å². The second-order valence-electron chi connectivity index (χ2n) is 6.26. The molecule has 1 N–H and O–H groups in total. The average molecular weight is 260 g/mol. The molecule has 0 radical (unpaired) electrons. The fourth-order valence-corrected chi connectivity index (χ4v) is 4.77. The van der Waals surface area contributed by atoms with Gasteiger partial charge in [-0.3, -0.25) is 4.90 Å². The third kappa shape index (κ3) is 3.01. The van der Waals surface area contributed by atoms with Gasteiger partial charge in [0.1, 0.15) is 0 Å². The number of hydrogen-bond donors (Lipinski definition) is 1. The maximum Gasteiger partial charge on any atom is 0.151 e. The zero-order valence-corrected chi connectivity index (χ0v) is 11.9. The van der Waals surface area contributed by atoms with Crippen molar-refractivity contribution in [2.24, 2.45) is 5.92 Å². The first-order chi connectivity index (χ1) is 7.80. The summed E-state index contributed by atoms with van der Waals surface area (Å²) in [4.78, 5) is 2.42. The standard InChI is InChI=1S/C12H24N2O2S/c1-10-6-13-9-12(2,3)14(7-10)11-4-5-17(15,16)8-11/h10-11,13H,4-9H2,1-3H3. The van der Waals surface area contributed by atoms with Gasteiger partial charge >= 0.3 is 0 Å². The molecule has 17 heavy (non-hydrogen) atoms. The first-order valence-electron chi connectivity index (χ1n) is 6.48. The molecule has 0 spiro atoms. The summed E-state index contributed by atoms with van der Waals surface area (Å²) in [5.74, 6) is 1.30. The molecule has 2 aliphatic rings. The Morgan fingerprint density at radius 2 is 2.06 bits per heavy atom. The molecule has 2 rings (SSSR count). The quantitative estimate of drug-likeness (QED) is 0.745. The minimum absolute atomic E-state index is 0.0509. The second kappa shape index (κ2) is 4.52. The van der Waals surface area contributed by atoms with Crippen molar-refractivity contribution in [1.29, 1.82) is 0 Å². The van der Waals surface area contributed by atoms with Crippen LogP contribution in [0.4, 0.5) is 0 Å². The predicted octanol–water partition coefficient (Wildman–Crippen LogP) is 0.493.